The number of halogens is 1. The Balaban J connectivity index is 1.85. The third-order valence-electron chi connectivity index (χ3n) is 2.68. The van der Waals surface area contributed by atoms with Crippen molar-refractivity contribution in [3.63, 3.8) is 0 Å². The normalized spacial score (nSPS) is 17.8. The highest BCUT2D eigenvalue weighted by atomic mass is 127. The highest BCUT2D eigenvalue weighted by Gasteiger charge is 2.33. The molecule has 1 fully saturated rings. The van der Waals surface area contributed by atoms with E-state index >= 15 is 0 Å². The van der Waals surface area contributed by atoms with E-state index < -0.39 is 5.79 Å². The lowest BCUT2D eigenvalue weighted by Gasteiger charge is -2.20. The number of hydrogen-bond donors (Lipinski definition) is 1. The van der Waals surface area contributed by atoms with Crippen LogP contribution in [0.4, 0.5) is 0 Å². The zero-order valence-electron chi connectivity index (χ0n) is 10.6. The Kier molecular flexibility index (Phi) is 4.89. The minimum atomic E-state index is -0.819. The van der Waals surface area contributed by atoms with Gasteiger partial charge >= 0.3 is 0 Å². The van der Waals surface area contributed by atoms with Gasteiger partial charge in [0.1, 0.15) is 0 Å². The van der Waals surface area contributed by atoms with Crippen molar-refractivity contribution in [3.8, 4) is 0 Å². The molecule has 1 amide bonds. The monoisotopic (exact) mass is 374 g/mol. The van der Waals surface area contributed by atoms with E-state index in [2.05, 4.69) is 33.1 Å². The lowest BCUT2D eigenvalue weighted by atomic mass is 10.2. The van der Waals surface area contributed by atoms with E-state index in [1.165, 1.54) is 0 Å². The minimum Gasteiger partial charge on any atom is -0.347 e. The maximum Gasteiger partial charge on any atom is 0.245 e. The van der Waals surface area contributed by atoms with Crippen molar-refractivity contribution in [1.82, 2.24) is 5.43 Å². The number of nitrogens with zero attached hydrogens (tertiary/aromatic N) is 1. The molecular weight excluding hydrogens is 359 g/mol. The molecular formula is C13H15IN2O3. The summed E-state index contributed by atoms with van der Waals surface area (Å²) in [7, 11) is 0. The smallest absolute Gasteiger partial charge is 0.245 e. The number of carbonyl (C=O) groups excluding carboxylic acids is 1. The summed E-state index contributed by atoms with van der Waals surface area (Å²) in [6.45, 7) is 2.80. The van der Waals surface area contributed by atoms with Gasteiger partial charge in [0.05, 0.1) is 25.8 Å². The van der Waals surface area contributed by atoms with E-state index in [0.29, 0.717) is 13.2 Å². The van der Waals surface area contributed by atoms with Crippen LogP contribution >= 0.6 is 22.6 Å². The average molecular weight is 374 g/mol. The number of rotatable bonds is 4. The Hall–Kier alpha value is -0.990. The highest BCUT2D eigenvalue weighted by molar-refractivity contribution is 14.1. The fourth-order valence-corrected chi connectivity index (χ4v) is 2.27. The predicted molar refractivity (Wildman–Crippen MR) is 79.8 cm³/mol. The van der Waals surface area contributed by atoms with Crippen LogP contribution in [0.15, 0.2) is 29.4 Å². The fourth-order valence-electron chi connectivity index (χ4n) is 1.74. The molecule has 1 aromatic carbocycles. The van der Waals surface area contributed by atoms with Crippen LogP contribution in [0.25, 0.3) is 0 Å². The van der Waals surface area contributed by atoms with Gasteiger partial charge < -0.3 is 9.47 Å². The minimum absolute atomic E-state index is 0.135. The van der Waals surface area contributed by atoms with Gasteiger partial charge in [0.15, 0.2) is 5.79 Å². The van der Waals surface area contributed by atoms with E-state index in [4.69, 9.17) is 9.47 Å². The molecule has 0 radical (unpaired) electrons. The molecule has 1 saturated heterocycles. The third-order valence-corrected chi connectivity index (χ3v) is 3.66. The number of hydrogen-bond acceptors (Lipinski definition) is 4. The Bertz CT molecular complexity index is 485. The van der Waals surface area contributed by atoms with E-state index in [9.17, 15) is 4.79 Å². The van der Waals surface area contributed by atoms with Crippen molar-refractivity contribution in [2.45, 2.75) is 19.1 Å². The van der Waals surface area contributed by atoms with Crippen LogP contribution in [0.5, 0.6) is 0 Å². The SMILES string of the molecule is CC1(CC(=O)N/N=C/c2ccccc2I)OCCO1. The first kappa shape index (κ1) is 14.4. The second-order valence-electron chi connectivity index (χ2n) is 4.32. The number of benzene rings is 1. The Morgan fingerprint density at radius 1 is 1.47 bits per heavy atom. The zero-order chi connectivity index (χ0) is 13.7. The summed E-state index contributed by atoms with van der Waals surface area (Å²) in [5.41, 5.74) is 3.44. The van der Waals surface area contributed by atoms with Gasteiger partial charge in [-0.25, -0.2) is 5.43 Å². The van der Waals surface area contributed by atoms with Crippen LogP contribution in [0.1, 0.15) is 18.9 Å². The van der Waals surface area contributed by atoms with Gasteiger partial charge in [-0.15, -0.1) is 0 Å². The molecule has 1 N–H and O–H groups in total. The maximum absolute atomic E-state index is 11.7. The summed E-state index contributed by atoms with van der Waals surface area (Å²) in [5, 5.41) is 3.94. The summed E-state index contributed by atoms with van der Waals surface area (Å²) in [6.07, 6.45) is 1.76. The third kappa shape index (κ3) is 4.26. The van der Waals surface area contributed by atoms with Gasteiger partial charge in [0, 0.05) is 9.13 Å². The summed E-state index contributed by atoms with van der Waals surface area (Å²) < 4.78 is 11.8. The number of ether oxygens (including phenoxy) is 2. The molecule has 5 nitrogen and oxygen atoms in total. The summed E-state index contributed by atoms with van der Waals surface area (Å²) in [5.74, 6) is -1.05. The quantitative estimate of drug-likeness (QED) is 0.498. The first-order valence-corrected chi connectivity index (χ1v) is 7.01. The van der Waals surface area contributed by atoms with E-state index in [1.54, 1.807) is 13.1 Å². The highest BCUT2D eigenvalue weighted by Crippen LogP contribution is 2.22. The topological polar surface area (TPSA) is 59.9 Å². The molecule has 0 aromatic heterocycles. The Morgan fingerprint density at radius 3 is 2.84 bits per heavy atom. The summed E-state index contributed by atoms with van der Waals surface area (Å²) in [6, 6.07) is 7.78. The van der Waals surface area contributed by atoms with Crippen molar-refractivity contribution in [2.24, 2.45) is 5.10 Å². The number of amides is 1. The van der Waals surface area contributed by atoms with Crippen molar-refractivity contribution in [3.05, 3.63) is 33.4 Å². The van der Waals surface area contributed by atoms with Gasteiger partial charge in [0.25, 0.3) is 0 Å². The molecule has 19 heavy (non-hydrogen) atoms. The van der Waals surface area contributed by atoms with E-state index in [1.807, 2.05) is 24.3 Å². The van der Waals surface area contributed by atoms with Crippen LogP contribution in [0.2, 0.25) is 0 Å². The molecule has 2 rings (SSSR count). The molecule has 1 aliphatic heterocycles. The molecule has 0 aliphatic carbocycles. The molecule has 6 heteroatoms. The number of hydrazone groups is 1. The predicted octanol–water partition coefficient (Wildman–Crippen LogP) is 1.89. The van der Waals surface area contributed by atoms with Crippen LogP contribution in [-0.2, 0) is 14.3 Å². The van der Waals surface area contributed by atoms with Gasteiger partial charge in [-0.3, -0.25) is 4.79 Å². The van der Waals surface area contributed by atoms with Crippen LogP contribution in [-0.4, -0.2) is 31.1 Å². The van der Waals surface area contributed by atoms with Crippen LogP contribution < -0.4 is 5.43 Å². The van der Waals surface area contributed by atoms with E-state index in [-0.39, 0.29) is 12.3 Å². The number of nitrogens with one attached hydrogen (secondary N) is 1. The van der Waals surface area contributed by atoms with Crippen molar-refractivity contribution < 1.29 is 14.3 Å². The lowest BCUT2D eigenvalue weighted by Crippen LogP contribution is -2.33. The van der Waals surface area contributed by atoms with Crippen LogP contribution in [0.3, 0.4) is 0 Å². The first-order valence-electron chi connectivity index (χ1n) is 5.93. The van der Waals surface area contributed by atoms with Gasteiger partial charge in [0.2, 0.25) is 5.91 Å². The van der Waals surface area contributed by atoms with Gasteiger partial charge in [-0.05, 0) is 35.6 Å². The van der Waals surface area contributed by atoms with Gasteiger partial charge in [-0.1, -0.05) is 18.2 Å². The Morgan fingerprint density at radius 2 is 2.16 bits per heavy atom. The van der Waals surface area contributed by atoms with Crippen molar-refractivity contribution >= 4 is 34.7 Å². The lowest BCUT2D eigenvalue weighted by molar-refractivity contribution is -0.159. The molecule has 1 aliphatic rings. The molecule has 0 unspecified atom stereocenters. The first-order chi connectivity index (χ1) is 9.09. The second-order valence-corrected chi connectivity index (χ2v) is 5.48. The van der Waals surface area contributed by atoms with Crippen molar-refractivity contribution in [2.75, 3.05) is 13.2 Å². The van der Waals surface area contributed by atoms with Gasteiger partial charge in [-0.2, -0.15) is 5.10 Å². The summed E-state index contributed by atoms with van der Waals surface area (Å²) in [4.78, 5) is 11.7. The maximum atomic E-state index is 11.7. The zero-order valence-corrected chi connectivity index (χ0v) is 12.7. The molecule has 0 bridgehead atoms. The van der Waals surface area contributed by atoms with E-state index in [0.717, 1.165) is 9.13 Å². The Labute approximate surface area is 125 Å². The molecule has 0 atom stereocenters. The molecule has 0 spiro atoms. The molecule has 102 valence electrons. The largest absolute Gasteiger partial charge is 0.347 e. The molecule has 1 aromatic rings. The second kappa shape index (κ2) is 6.44. The van der Waals surface area contributed by atoms with Crippen LogP contribution in [0, 0.1) is 3.57 Å². The molecule has 1 heterocycles. The molecule has 0 saturated carbocycles. The summed E-state index contributed by atoms with van der Waals surface area (Å²) >= 11 is 2.22. The number of carbonyl (C=O) groups is 1. The fraction of sp³-hybridized carbons (Fsp3) is 0.385. The standard InChI is InChI=1S/C13H15IN2O3/c1-13(18-6-7-19-13)8-12(17)16-15-9-10-4-2-3-5-11(10)14/h2-5,9H,6-8H2,1H3,(H,16,17)/b15-9+. The van der Waals surface area contributed by atoms with Crippen molar-refractivity contribution in [1.29, 1.82) is 0 Å². The average Bonchev–Trinajstić information content (AvgIpc) is 2.78.